The van der Waals surface area contributed by atoms with Gasteiger partial charge in [0.2, 0.25) is 0 Å². The van der Waals surface area contributed by atoms with E-state index >= 15 is 0 Å². The Labute approximate surface area is 123 Å². The summed E-state index contributed by atoms with van der Waals surface area (Å²) in [5, 5.41) is 15.2. The number of nitrogens with one attached hydrogen (secondary N) is 4. The molecule has 0 bridgehead atoms. The minimum Gasteiger partial charge on any atom is -0.328 e. The number of aromatic amines is 1. The molecule has 2 aromatic rings. The molecule has 0 aliphatic carbocycles. The molecule has 7 nitrogen and oxygen atoms in total. The van der Waals surface area contributed by atoms with Gasteiger partial charge >= 0.3 is 6.03 Å². The van der Waals surface area contributed by atoms with Gasteiger partial charge in [-0.25, -0.2) is 9.78 Å². The van der Waals surface area contributed by atoms with E-state index in [9.17, 15) is 4.79 Å². The maximum Gasteiger partial charge on any atom is 0.319 e. The number of benzene rings is 1. The highest BCUT2D eigenvalue weighted by Crippen LogP contribution is 2.15. The van der Waals surface area contributed by atoms with Gasteiger partial charge in [-0.05, 0) is 38.6 Å². The summed E-state index contributed by atoms with van der Waals surface area (Å²) in [4.78, 5) is 15.9. The predicted molar refractivity (Wildman–Crippen MR) is 80.9 cm³/mol. The Morgan fingerprint density at radius 3 is 2.48 bits per heavy atom. The first kappa shape index (κ1) is 15.0. The molecule has 4 N–H and O–H groups in total. The van der Waals surface area contributed by atoms with Crippen molar-refractivity contribution in [1.82, 2.24) is 25.8 Å². The molecule has 112 valence electrons. The minimum atomic E-state index is -0.284. The molecule has 1 aromatic carbocycles. The van der Waals surface area contributed by atoms with Crippen LogP contribution in [0.5, 0.6) is 0 Å². The zero-order valence-electron chi connectivity index (χ0n) is 12.3. The summed E-state index contributed by atoms with van der Waals surface area (Å²) >= 11 is 0. The highest BCUT2D eigenvalue weighted by molar-refractivity contribution is 5.89. The van der Waals surface area contributed by atoms with Crippen molar-refractivity contribution in [2.24, 2.45) is 0 Å². The maximum absolute atomic E-state index is 11.9. The molecule has 21 heavy (non-hydrogen) atoms. The quantitative estimate of drug-likeness (QED) is 0.676. The molecular weight excluding hydrogens is 268 g/mol. The zero-order valence-corrected chi connectivity index (χ0v) is 12.3. The summed E-state index contributed by atoms with van der Waals surface area (Å²) in [5.41, 5.74) is 1.91. The lowest BCUT2D eigenvalue weighted by Gasteiger charge is -2.14. The molecule has 1 aromatic heterocycles. The Bertz CT molecular complexity index is 566. The zero-order chi connectivity index (χ0) is 15.2. The molecule has 0 radical (unpaired) electrons. The Balaban J connectivity index is 1.90. The third-order valence-corrected chi connectivity index (χ3v) is 3.29. The molecule has 7 heteroatoms. The van der Waals surface area contributed by atoms with Gasteiger partial charge in [-0.15, -0.1) is 0 Å². The Hall–Kier alpha value is -2.41. The molecule has 0 fully saturated rings. The fourth-order valence-electron chi connectivity index (χ4n) is 1.88. The van der Waals surface area contributed by atoms with E-state index in [1.54, 1.807) is 0 Å². The van der Waals surface area contributed by atoms with Gasteiger partial charge in [-0.3, -0.25) is 5.10 Å². The fourth-order valence-corrected chi connectivity index (χ4v) is 1.88. The number of nitrogens with zero attached hydrogens (tertiary/aromatic N) is 2. The number of hydrogen-bond acceptors (Lipinski definition) is 4. The first-order valence-electron chi connectivity index (χ1n) is 6.80. The van der Waals surface area contributed by atoms with Crippen molar-refractivity contribution < 1.29 is 4.79 Å². The summed E-state index contributed by atoms with van der Waals surface area (Å²) in [6.07, 6.45) is 1.41. The summed E-state index contributed by atoms with van der Waals surface area (Å²) in [5.74, 6) is 0.614. The van der Waals surface area contributed by atoms with Crippen LogP contribution in [0.4, 0.5) is 10.5 Å². The van der Waals surface area contributed by atoms with Crippen LogP contribution in [0.25, 0.3) is 0 Å². The van der Waals surface area contributed by atoms with E-state index in [1.807, 2.05) is 38.2 Å². The average Bonchev–Trinajstić information content (AvgIpc) is 3.01. The molecular formula is C14H20N6O. The van der Waals surface area contributed by atoms with Crippen molar-refractivity contribution >= 4 is 11.7 Å². The van der Waals surface area contributed by atoms with Crippen LogP contribution in [0.3, 0.4) is 0 Å². The van der Waals surface area contributed by atoms with E-state index in [-0.39, 0.29) is 18.1 Å². The predicted octanol–water partition coefficient (Wildman–Crippen LogP) is 1.97. The lowest BCUT2D eigenvalue weighted by molar-refractivity contribution is 0.249. The van der Waals surface area contributed by atoms with E-state index < -0.39 is 0 Å². The first-order valence-corrected chi connectivity index (χ1v) is 6.80. The maximum atomic E-state index is 11.9. The molecule has 0 aliphatic rings. The molecule has 2 rings (SSSR count). The number of carbonyl (C=O) groups is 1. The van der Waals surface area contributed by atoms with Crippen LogP contribution in [0.15, 0.2) is 30.6 Å². The second-order valence-electron chi connectivity index (χ2n) is 4.82. The van der Waals surface area contributed by atoms with Gasteiger partial charge in [0.25, 0.3) is 0 Å². The molecule has 2 amide bonds. The molecule has 0 spiro atoms. The standard InChI is InChI=1S/C14H20N6O/c1-9(15-3)11-4-6-12(7-5-11)19-14(21)18-10(2)13-16-8-17-20-13/h4-10,15H,1-3H3,(H,16,17,20)(H2,18,19,21). The fraction of sp³-hybridized carbons (Fsp3) is 0.357. The van der Waals surface area contributed by atoms with E-state index in [0.717, 1.165) is 5.69 Å². The second kappa shape index (κ2) is 6.85. The number of carbonyl (C=O) groups excluding carboxylic acids is 1. The second-order valence-corrected chi connectivity index (χ2v) is 4.82. The number of aromatic nitrogens is 3. The van der Waals surface area contributed by atoms with E-state index in [4.69, 9.17) is 0 Å². The molecule has 0 saturated carbocycles. The minimum absolute atomic E-state index is 0.240. The van der Waals surface area contributed by atoms with Gasteiger partial charge < -0.3 is 16.0 Å². The third kappa shape index (κ3) is 4.03. The largest absolute Gasteiger partial charge is 0.328 e. The SMILES string of the molecule is CNC(C)c1ccc(NC(=O)NC(C)c2ncn[nH]2)cc1. The van der Waals surface area contributed by atoms with Crippen LogP contribution in [0, 0.1) is 0 Å². The van der Waals surface area contributed by atoms with Crippen LogP contribution in [-0.4, -0.2) is 28.3 Å². The lowest BCUT2D eigenvalue weighted by atomic mass is 10.1. The highest BCUT2D eigenvalue weighted by atomic mass is 16.2. The van der Waals surface area contributed by atoms with Gasteiger partial charge in [0, 0.05) is 11.7 Å². The molecule has 2 unspecified atom stereocenters. The van der Waals surface area contributed by atoms with Gasteiger partial charge in [0.1, 0.15) is 12.2 Å². The Morgan fingerprint density at radius 2 is 1.90 bits per heavy atom. The molecule has 0 aliphatic heterocycles. The monoisotopic (exact) mass is 288 g/mol. The third-order valence-electron chi connectivity index (χ3n) is 3.29. The van der Waals surface area contributed by atoms with Crippen molar-refractivity contribution in [3.63, 3.8) is 0 Å². The smallest absolute Gasteiger partial charge is 0.319 e. The molecule has 0 saturated heterocycles. The Kier molecular flexibility index (Phi) is 4.89. The normalized spacial score (nSPS) is 13.5. The summed E-state index contributed by atoms with van der Waals surface area (Å²) in [6, 6.07) is 7.47. The van der Waals surface area contributed by atoms with Crippen molar-refractivity contribution in [1.29, 1.82) is 0 Å². The number of hydrogen-bond donors (Lipinski definition) is 4. The number of anilines is 1. The number of H-pyrrole nitrogens is 1. The van der Waals surface area contributed by atoms with Gasteiger partial charge in [0.15, 0.2) is 0 Å². The van der Waals surface area contributed by atoms with Crippen molar-refractivity contribution in [3.05, 3.63) is 42.0 Å². The van der Waals surface area contributed by atoms with Gasteiger partial charge in [-0.1, -0.05) is 12.1 Å². The lowest BCUT2D eigenvalue weighted by Crippen LogP contribution is -2.31. The van der Waals surface area contributed by atoms with Gasteiger partial charge in [-0.2, -0.15) is 5.10 Å². The van der Waals surface area contributed by atoms with E-state index in [2.05, 4.69) is 38.1 Å². The molecule has 2 atom stereocenters. The van der Waals surface area contributed by atoms with Crippen LogP contribution in [0.2, 0.25) is 0 Å². The first-order chi connectivity index (χ1) is 10.1. The molecule has 1 heterocycles. The van der Waals surface area contributed by atoms with Crippen molar-refractivity contribution in [2.75, 3.05) is 12.4 Å². The summed E-state index contributed by atoms with van der Waals surface area (Å²) in [6.45, 7) is 3.91. The topological polar surface area (TPSA) is 94.7 Å². The van der Waals surface area contributed by atoms with Crippen LogP contribution < -0.4 is 16.0 Å². The number of rotatable bonds is 5. The average molecular weight is 288 g/mol. The summed E-state index contributed by atoms with van der Waals surface area (Å²) < 4.78 is 0. The van der Waals surface area contributed by atoms with Crippen molar-refractivity contribution in [2.45, 2.75) is 25.9 Å². The van der Waals surface area contributed by atoms with Gasteiger partial charge in [0.05, 0.1) is 6.04 Å². The van der Waals surface area contributed by atoms with E-state index in [0.29, 0.717) is 5.82 Å². The number of urea groups is 1. The number of amides is 2. The van der Waals surface area contributed by atoms with E-state index in [1.165, 1.54) is 11.9 Å². The summed E-state index contributed by atoms with van der Waals surface area (Å²) in [7, 11) is 1.91. The van der Waals surface area contributed by atoms with Crippen LogP contribution in [0.1, 0.15) is 37.3 Å². The Morgan fingerprint density at radius 1 is 1.19 bits per heavy atom. The van der Waals surface area contributed by atoms with Crippen molar-refractivity contribution in [3.8, 4) is 0 Å². The van der Waals surface area contributed by atoms with Crippen LogP contribution >= 0.6 is 0 Å². The highest BCUT2D eigenvalue weighted by Gasteiger charge is 2.12. The van der Waals surface area contributed by atoms with Crippen LogP contribution in [-0.2, 0) is 0 Å².